The fourth-order valence-corrected chi connectivity index (χ4v) is 2.59. The summed E-state index contributed by atoms with van der Waals surface area (Å²) in [4.78, 5) is 25.8. The molecule has 1 atom stereocenters. The number of nitrogens with zero attached hydrogens (tertiary/aromatic N) is 1. The van der Waals surface area contributed by atoms with Crippen LogP contribution >= 0.6 is 11.6 Å². The molecule has 0 saturated carbocycles. The average Bonchev–Trinajstić information content (AvgIpc) is 2.48. The summed E-state index contributed by atoms with van der Waals surface area (Å²) < 4.78 is 4.74. The van der Waals surface area contributed by atoms with Crippen molar-refractivity contribution in [1.82, 2.24) is 4.90 Å². The van der Waals surface area contributed by atoms with Crippen molar-refractivity contribution in [3.05, 3.63) is 28.8 Å². The number of carbonyl (C=O) groups is 2. The molecule has 1 amide bonds. The molecule has 1 aromatic carbocycles. The van der Waals surface area contributed by atoms with Crippen molar-refractivity contribution in [2.45, 2.75) is 25.3 Å². The van der Waals surface area contributed by atoms with Crippen LogP contribution in [0.2, 0.25) is 5.02 Å². The Balaban J connectivity index is 2.30. The highest BCUT2D eigenvalue weighted by Crippen LogP contribution is 2.26. The molecule has 1 N–H and O–H groups in total. The van der Waals surface area contributed by atoms with Gasteiger partial charge in [0.05, 0.1) is 17.7 Å². The van der Waals surface area contributed by atoms with Crippen LogP contribution in [-0.4, -0.2) is 41.6 Å². The van der Waals surface area contributed by atoms with Crippen molar-refractivity contribution in [2.24, 2.45) is 0 Å². The van der Waals surface area contributed by atoms with Crippen molar-refractivity contribution in [2.75, 3.05) is 13.7 Å². The number of benzene rings is 1. The molecular weight excluding hydrogens is 282 g/mol. The maximum absolute atomic E-state index is 12.5. The fourth-order valence-electron chi connectivity index (χ4n) is 2.39. The lowest BCUT2D eigenvalue weighted by atomic mass is 10.0. The van der Waals surface area contributed by atoms with E-state index < -0.39 is 12.0 Å². The van der Waals surface area contributed by atoms with Gasteiger partial charge < -0.3 is 14.7 Å². The van der Waals surface area contributed by atoms with E-state index in [1.807, 2.05) is 0 Å². The molecule has 0 unspecified atom stereocenters. The third-order valence-electron chi connectivity index (χ3n) is 3.42. The van der Waals surface area contributed by atoms with Gasteiger partial charge in [-0.15, -0.1) is 0 Å². The van der Waals surface area contributed by atoms with E-state index in [-0.39, 0.29) is 22.2 Å². The monoisotopic (exact) mass is 297 g/mol. The topological polar surface area (TPSA) is 66.8 Å². The van der Waals surface area contributed by atoms with Crippen LogP contribution in [0.4, 0.5) is 0 Å². The maximum atomic E-state index is 12.5. The van der Waals surface area contributed by atoms with Gasteiger partial charge in [0.25, 0.3) is 5.91 Å². The molecule has 1 aliphatic rings. The Morgan fingerprint density at radius 1 is 1.40 bits per heavy atom. The summed E-state index contributed by atoms with van der Waals surface area (Å²) in [5.41, 5.74) is 0.197. The first kappa shape index (κ1) is 14.7. The average molecular weight is 298 g/mol. The van der Waals surface area contributed by atoms with Gasteiger partial charge in [-0.1, -0.05) is 11.6 Å². The smallest absolute Gasteiger partial charge is 0.328 e. The standard InChI is InChI=1S/C14H16ClNO4/c1-20-14(19)12-4-2-3-7-16(12)13(18)10-8-9(17)5-6-11(10)15/h5-6,8,12,17H,2-4,7H2,1H3/t12-/m1/s1. The number of amides is 1. The number of methoxy groups -OCH3 is 1. The summed E-state index contributed by atoms with van der Waals surface area (Å²) in [6, 6.07) is 3.60. The number of phenolic OH excluding ortho intramolecular Hbond substituents is 1. The van der Waals surface area contributed by atoms with Crippen LogP contribution in [0.3, 0.4) is 0 Å². The van der Waals surface area contributed by atoms with E-state index in [0.29, 0.717) is 13.0 Å². The number of aromatic hydroxyl groups is 1. The van der Waals surface area contributed by atoms with Crippen molar-refractivity contribution < 1.29 is 19.4 Å². The molecule has 1 aromatic rings. The molecular formula is C14H16ClNO4. The highest BCUT2D eigenvalue weighted by Gasteiger charge is 2.34. The van der Waals surface area contributed by atoms with Gasteiger partial charge in [-0.2, -0.15) is 0 Å². The van der Waals surface area contributed by atoms with E-state index in [4.69, 9.17) is 16.3 Å². The minimum Gasteiger partial charge on any atom is -0.508 e. The number of phenols is 1. The Bertz CT molecular complexity index is 532. The quantitative estimate of drug-likeness (QED) is 0.850. The van der Waals surface area contributed by atoms with Crippen molar-refractivity contribution in [3.63, 3.8) is 0 Å². The zero-order valence-corrected chi connectivity index (χ0v) is 11.9. The lowest BCUT2D eigenvalue weighted by molar-refractivity contribution is -0.147. The van der Waals surface area contributed by atoms with Gasteiger partial charge in [0.2, 0.25) is 0 Å². The van der Waals surface area contributed by atoms with E-state index in [1.54, 1.807) is 0 Å². The van der Waals surface area contributed by atoms with Crippen molar-refractivity contribution in [1.29, 1.82) is 0 Å². The minimum atomic E-state index is -0.584. The number of hydrogen-bond donors (Lipinski definition) is 1. The van der Waals surface area contributed by atoms with Crippen LogP contribution in [0.1, 0.15) is 29.6 Å². The van der Waals surface area contributed by atoms with Crippen LogP contribution in [0.25, 0.3) is 0 Å². The van der Waals surface area contributed by atoms with Crippen LogP contribution in [0.5, 0.6) is 5.75 Å². The number of carbonyl (C=O) groups excluding carboxylic acids is 2. The first-order valence-corrected chi connectivity index (χ1v) is 6.79. The summed E-state index contributed by atoms with van der Waals surface area (Å²) in [6.07, 6.45) is 2.28. The van der Waals surface area contributed by atoms with Gasteiger partial charge in [-0.05, 0) is 37.5 Å². The summed E-state index contributed by atoms with van der Waals surface area (Å²) in [7, 11) is 1.31. The molecule has 0 bridgehead atoms. The van der Waals surface area contributed by atoms with E-state index in [1.165, 1.54) is 30.2 Å². The molecule has 20 heavy (non-hydrogen) atoms. The molecule has 108 valence electrons. The lowest BCUT2D eigenvalue weighted by Gasteiger charge is -2.34. The number of esters is 1. The van der Waals surface area contributed by atoms with Crippen molar-refractivity contribution in [3.8, 4) is 5.75 Å². The zero-order valence-electron chi connectivity index (χ0n) is 11.1. The predicted octanol–water partition coefficient (Wildman–Crippen LogP) is 2.21. The Hall–Kier alpha value is -1.75. The fraction of sp³-hybridized carbons (Fsp3) is 0.429. The lowest BCUT2D eigenvalue weighted by Crippen LogP contribution is -2.48. The third kappa shape index (κ3) is 2.88. The van der Waals surface area contributed by atoms with Crippen LogP contribution in [0, 0.1) is 0 Å². The summed E-state index contributed by atoms with van der Waals surface area (Å²) in [6.45, 7) is 0.477. The van der Waals surface area contributed by atoms with Gasteiger partial charge in [0.1, 0.15) is 11.8 Å². The van der Waals surface area contributed by atoms with Gasteiger partial charge >= 0.3 is 5.97 Å². The Kier molecular flexibility index (Phi) is 4.49. The molecule has 0 aliphatic carbocycles. The molecule has 5 nitrogen and oxygen atoms in total. The van der Waals surface area contributed by atoms with E-state index >= 15 is 0 Å². The molecule has 1 heterocycles. The summed E-state index contributed by atoms with van der Waals surface area (Å²) >= 11 is 6.00. The normalized spacial score (nSPS) is 18.7. The van der Waals surface area contributed by atoms with Gasteiger partial charge in [-0.3, -0.25) is 4.79 Å². The molecule has 1 aliphatic heterocycles. The number of piperidine rings is 1. The predicted molar refractivity (Wildman–Crippen MR) is 73.8 cm³/mol. The summed E-state index contributed by atoms with van der Waals surface area (Å²) in [5, 5.41) is 9.74. The van der Waals surface area contributed by atoms with E-state index in [0.717, 1.165) is 12.8 Å². The minimum absolute atomic E-state index is 0.0376. The van der Waals surface area contributed by atoms with Gasteiger partial charge in [0.15, 0.2) is 0 Å². The summed E-state index contributed by atoms with van der Waals surface area (Å²) in [5.74, 6) is -0.820. The Labute approximate surface area is 122 Å². The van der Waals surface area contributed by atoms with Crippen LogP contribution in [-0.2, 0) is 9.53 Å². The van der Waals surface area contributed by atoms with Crippen LogP contribution < -0.4 is 0 Å². The highest BCUT2D eigenvalue weighted by molar-refractivity contribution is 6.33. The zero-order chi connectivity index (χ0) is 14.7. The van der Waals surface area contributed by atoms with Crippen molar-refractivity contribution >= 4 is 23.5 Å². The maximum Gasteiger partial charge on any atom is 0.328 e. The molecule has 0 spiro atoms. The second-order valence-corrected chi connectivity index (χ2v) is 5.10. The first-order valence-electron chi connectivity index (χ1n) is 6.42. The van der Waals surface area contributed by atoms with E-state index in [2.05, 4.69) is 0 Å². The molecule has 6 heteroatoms. The molecule has 0 radical (unpaired) electrons. The van der Waals surface area contributed by atoms with E-state index in [9.17, 15) is 14.7 Å². The number of likely N-dealkylation sites (tertiary alicyclic amines) is 1. The number of ether oxygens (including phenoxy) is 1. The number of hydrogen-bond acceptors (Lipinski definition) is 4. The molecule has 1 fully saturated rings. The number of rotatable bonds is 2. The highest BCUT2D eigenvalue weighted by atomic mass is 35.5. The number of halogens is 1. The van der Waals surface area contributed by atoms with Crippen LogP contribution in [0.15, 0.2) is 18.2 Å². The molecule has 1 saturated heterocycles. The second kappa shape index (κ2) is 6.13. The molecule has 2 rings (SSSR count). The van der Waals surface area contributed by atoms with Gasteiger partial charge in [-0.25, -0.2) is 4.79 Å². The molecule has 0 aromatic heterocycles. The van der Waals surface area contributed by atoms with Gasteiger partial charge in [0, 0.05) is 6.54 Å². The Morgan fingerprint density at radius 2 is 2.15 bits per heavy atom. The third-order valence-corrected chi connectivity index (χ3v) is 3.75. The SMILES string of the molecule is COC(=O)[C@H]1CCCCN1C(=O)c1cc(O)ccc1Cl. The second-order valence-electron chi connectivity index (χ2n) is 4.70. The Morgan fingerprint density at radius 3 is 2.85 bits per heavy atom. The first-order chi connectivity index (χ1) is 9.54. The largest absolute Gasteiger partial charge is 0.508 e.